The molecule has 0 saturated heterocycles. The minimum Gasteiger partial charge on any atom is -0.356 e. The van der Waals surface area contributed by atoms with E-state index in [0.29, 0.717) is 19.0 Å². The zero-order valence-electron chi connectivity index (χ0n) is 14.2. The zero-order valence-corrected chi connectivity index (χ0v) is 14.2. The van der Waals surface area contributed by atoms with E-state index in [1.807, 2.05) is 0 Å². The molecule has 2 fully saturated rings. The summed E-state index contributed by atoms with van der Waals surface area (Å²) >= 11 is 0. The van der Waals surface area contributed by atoms with Gasteiger partial charge >= 0.3 is 0 Å². The summed E-state index contributed by atoms with van der Waals surface area (Å²) in [5.41, 5.74) is 2.75. The van der Waals surface area contributed by atoms with Crippen molar-refractivity contribution in [1.82, 2.24) is 10.2 Å². The van der Waals surface area contributed by atoms with Gasteiger partial charge in [0.15, 0.2) is 0 Å². The molecule has 0 heterocycles. The molecule has 3 aliphatic carbocycles. The molecule has 0 aliphatic heterocycles. The lowest BCUT2D eigenvalue weighted by Gasteiger charge is -2.30. The Morgan fingerprint density at radius 3 is 2.62 bits per heavy atom. The number of hydrogen-bond acceptors (Lipinski definition) is 2. The monoisotopic (exact) mass is 326 g/mol. The van der Waals surface area contributed by atoms with E-state index in [2.05, 4.69) is 34.5 Å². The molecule has 0 unspecified atom stereocenters. The second-order valence-corrected chi connectivity index (χ2v) is 7.45. The van der Waals surface area contributed by atoms with Crippen molar-refractivity contribution in [2.75, 3.05) is 6.54 Å². The highest BCUT2D eigenvalue weighted by molar-refractivity contribution is 5.81. The molecular formula is C20H26N2O2. The first kappa shape index (κ1) is 15.7. The van der Waals surface area contributed by atoms with Crippen LogP contribution in [0.15, 0.2) is 24.3 Å². The van der Waals surface area contributed by atoms with E-state index in [0.717, 1.165) is 44.9 Å². The fourth-order valence-corrected chi connectivity index (χ4v) is 3.88. The highest BCUT2D eigenvalue weighted by Gasteiger charge is 2.39. The molecule has 4 nitrogen and oxygen atoms in total. The third kappa shape index (κ3) is 3.33. The number of nitrogens with zero attached hydrogens (tertiary/aromatic N) is 1. The Morgan fingerprint density at radius 1 is 1.08 bits per heavy atom. The van der Waals surface area contributed by atoms with E-state index < -0.39 is 0 Å². The molecule has 24 heavy (non-hydrogen) atoms. The summed E-state index contributed by atoms with van der Waals surface area (Å²) in [5.74, 6) is 0.685. The molecule has 2 saturated carbocycles. The van der Waals surface area contributed by atoms with Crippen LogP contribution in [0.2, 0.25) is 0 Å². The van der Waals surface area contributed by atoms with Gasteiger partial charge in [0.2, 0.25) is 11.8 Å². The van der Waals surface area contributed by atoms with Gasteiger partial charge in [-0.05, 0) is 56.1 Å². The van der Waals surface area contributed by atoms with Crippen LogP contribution >= 0.6 is 0 Å². The fourth-order valence-electron chi connectivity index (χ4n) is 3.88. The smallest absolute Gasteiger partial charge is 0.223 e. The second kappa shape index (κ2) is 6.58. The Hall–Kier alpha value is -1.84. The van der Waals surface area contributed by atoms with Gasteiger partial charge < -0.3 is 10.2 Å². The summed E-state index contributed by atoms with van der Waals surface area (Å²) < 4.78 is 0. The van der Waals surface area contributed by atoms with Crippen LogP contribution in [0.1, 0.15) is 62.1 Å². The first-order valence-electron chi connectivity index (χ1n) is 9.40. The number of nitrogens with one attached hydrogen (secondary N) is 1. The SMILES string of the molecule is O=C(NCCCC(=O)N(C1CC1)[C@@H]1CCc2ccccc21)C1CC1. The standard InChI is InChI=1S/C20H26N2O2/c23-19(6-3-13-21-20(24)15-7-8-15)22(16-10-11-16)18-12-9-14-4-1-2-5-17(14)18/h1-2,4-5,15-16,18H,3,6-13H2,(H,21,24)/t18-/m1/s1. The molecule has 4 heteroatoms. The van der Waals surface area contributed by atoms with E-state index in [4.69, 9.17) is 0 Å². The Bertz CT molecular complexity index is 634. The first-order chi connectivity index (χ1) is 11.7. The second-order valence-electron chi connectivity index (χ2n) is 7.45. The van der Waals surface area contributed by atoms with Crippen molar-refractivity contribution in [3.05, 3.63) is 35.4 Å². The molecule has 0 spiro atoms. The molecule has 1 atom stereocenters. The molecule has 0 radical (unpaired) electrons. The quantitative estimate of drug-likeness (QED) is 0.783. The van der Waals surface area contributed by atoms with Crippen LogP contribution < -0.4 is 5.32 Å². The van der Waals surface area contributed by atoms with E-state index in [1.165, 1.54) is 11.1 Å². The van der Waals surface area contributed by atoms with Gasteiger partial charge in [0.05, 0.1) is 6.04 Å². The summed E-state index contributed by atoms with van der Waals surface area (Å²) in [6.07, 6.45) is 7.76. The molecule has 1 N–H and O–H groups in total. The first-order valence-corrected chi connectivity index (χ1v) is 9.40. The average molecular weight is 326 g/mol. The van der Waals surface area contributed by atoms with Crippen molar-refractivity contribution in [3.63, 3.8) is 0 Å². The normalized spacial score (nSPS) is 22.1. The Kier molecular flexibility index (Phi) is 4.30. The maximum Gasteiger partial charge on any atom is 0.223 e. The lowest BCUT2D eigenvalue weighted by Crippen LogP contribution is -2.36. The maximum atomic E-state index is 12.8. The fraction of sp³-hybridized carbons (Fsp3) is 0.600. The molecule has 3 aliphatic rings. The highest BCUT2D eigenvalue weighted by atomic mass is 16.2. The number of benzene rings is 1. The number of carbonyl (C=O) groups excluding carboxylic acids is 2. The average Bonchev–Trinajstić information content (AvgIpc) is 3.50. The Labute approximate surface area is 143 Å². The van der Waals surface area contributed by atoms with Crippen LogP contribution in [0.3, 0.4) is 0 Å². The van der Waals surface area contributed by atoms with Gasteiger partial charge in [0.1, 0.15) is 0 Å². The summed E-state index contributed by atoms with van der Waals surface area (Å²) in [4.78, 5) is 26.6. The van der Waals surface area contributed by atoms with Gasteiger partial charge in [-0.3, -0.25) is 9.59 Å². The minimum absolute atomic E-state index is 0.172. The molecular weight excluding hydrogens is 300 g/mol. The summed E-state index contributed by atoms with van der Waals surface area (Å²) in [6, 6.07) is 9.26. The third-order valence-corrected chi connectivity index (χ3v) is 5.48. The van der Waals surface area contributed by atoms with Crippen LogP contribution in [0.5, 0.6) is 0 Å². The Morgan fingerprint density at radius 2 is 1.88 bits per heavy atom. The Balaban J connectivity index is 1.33. The number of fused-ring (bicyclic) bond motifs is 1. The molecule has 0 bridgehead atoms. The zero-order chi connectivity index (χ0) is 16.5. The number of aryl methyl sites for hydroxylation is 1. The van der Waals surface area contributed by atoms with Crippen molar-refractivity contribution in [2.24, 2.45) is 5.92 Å². The van der Waals surface area contributed by atoms with Crippen molar-refractivity contribution >= 4 is 11.8 Å². The summed E-state index contributed by atoms with van der Waals surface area (Å²) in [6.45, 7) is 0.626. The van der Waals surface area contributed by atoms with Gasteiger partial charge in [-0.25, -0.2) is 0 Å². The van der Waals surface area contributed by atoms with Crippen LogP contribution in [-0.4, -0.2) is 29.3 Å². The molecule has 4 rings (SSSR count). The highest BCUT2D eigenvalue weighted by Crippen LogP contribution is 2.42. The van der Waals surface area contributed by atoms with Crippen LogP contribution in [0, 0.1) is 5.92 Å². The van der Waals surface area contributed by atoms with Crippen molar-refractivity contribution in [3.8, 4) is 0 Å². The van der Waals surface area contributed by atoms with Gasteiger partial charge in [-0.1, -0.05) is 24.3 Å². The van der Waals surface area contributed by atoms with E-state index in [9.17, 15) is 9.59 Å². The predicted octanol–water partition coefficient (Wildman–Crippen LogP) is 2.97. The van der Waals surface area contributed by atoms with Crippen LogP contribution in [0.25, 0.3) is 0 Å². The van der Waals surface area contributed by atoms with Crippen molar-refractivity contribution in [1.29, 1.82) is 0 Å². The van der Waals surface area contributed by atoms with Gasteiger partial charge in [0.25, 0.3) is 0 Å². The van der Waals surface area contributed by atoms with Crippen LogP contribution in [-0.2, 0) is 16.0 Å². The van der Waals surface area contributed by atoms with Crippen molar-refractivity contribution in [2.45, 2.75) is 63.5 Å². The van der Waals surface area contributed by atoms with Gasteiger partial charge in [0, 0.05) is 24.9 Å². The number of amides is 2. The summed E-state index contributed by atoms with van der Waals surface area (Å²) in [7, 11) is 0. The lowest BCUT2D eigenvalue weighted by molar-refractivity contribution is -0.134. The van der Waals surface area contributed by atoms with Gasteiger partial charge in [-0.2, -0.15) is 0 Å². The largest absolute Gasteiger partial charge is 0.356 e. The molecule has 128 valence electrons. The molecule has 0 aromatic heterocycles. The van der Waals surface area contributed by atoms with E-state index in [1.54, 1.807) is 0 Å². The molecule has 1 aromatic carbocycles. The van der Waals surface area contributed by atoms with Crippen molar-refractivity contribution < 1.29 is 9.59 Å². The number of carbonyl (C=O) groups is 2. The third-order valence-electron chi connectivity index (χ3n) is 5.48. The van der Waals surface area contributed by atoms with Crippen LogP contribution in [0.4, 0.5) is 0 Å². The topological polar surface area (TPSA) is 49.4 Å². The van der Waals surface area contributed by atoms with E-state index in [-0.39, 0.29) is 23.8 Å². The summed E-state index contributed by atoms with van der Waals surface area (Å²) in [5, 5.41) is 2.96. The maximum absolute atomic E-state index is 12.8. The minimum atomic E-state index is 0.172. The predicted molar refractivity (Wildman–Crippen MR) is 92.3 cm³/mol. The lowest BCUT2D eigenvalue weighted by atomic mass is 10.1. The van der Waals surface area contributed by atoms with E-state index >= 15 is 0 Å². The molecule has 1 aromatic rings. The number of rotatable bonds is 7. The van der Waals surface area contributed by atoms with Gasteiger partial charge in [-0.15, -0.1) is 0 Å². The number of hydrogen-bond donors (Lipinski definition) is 1. The molecule has 2 amide bonds.